The number of hydrogen-bond acceptors (Lipinski definition) is 4. The minimum Gasteiger partial charge on any atom is -0.207 e. The normalized spacial score (nSPS) is 18.6. The molecule has 0 radical (unpaired) electrons. The van der Waals surface area contributed by atoms with Gasteiger partial charge in [0.2, 0.25) is 10.0 Å². The van der Waals surface area contributed by atoms with E-state index < -0.39 is 10.0 Å². The van der Waals surface area contributed by atoms with Crippen LogP contribution in [-0.4, -0.2) is 37.3 Å². The molecule has 0 aromatic heterocycles. The Morgan fingerprint density at radius 2 is 1.50 bits per heavy atom. The van der Waals surface area contributed by atoms with Gasteiger partial charge in [0.15, 0.2) is 0 Å². The number of halogens is 2. The van der Waals surface area contributed by atoms with Crippen molar-refractivity contribution in [1.82, 2.24) is 4.31 Å². The van der Waals surface area contributed by atoms with Crippen molar-refractivity contribution in [3.8, 4) is 0 Å². The van der Waals surface area contributed by atoms with Crippen molar-refractivity contribution >= 4 is 54.8 Å². The zero-order valence-corrected chi connectivity index (χ0v) is 13.3. The molecule has 1 fully saturated rings. The third-order valence-electron chi connectivity index (χ3n) is 2.41. The summed E-state index contributed by atoms with van der Waals surface area (Å²) >= 11 is 11.7. The van der Waals surface area contributed by atoms with Crippen LogP contribution in [0, 0.1) is 0 Å². The summed E-state index contributed by atoms with van der Waals surface area (Å²) in [5, 5.41) is 0.666. The summed E-state index contributed by atoms with van der Waals surface area (Å²) in [6, 6.07) is 4.40. The number of benzene rings is 1. The molecule has 1 aliphatic rings. The van der Waals surface area contributed by atoms with E-state index in [1.54, 1.807) is 21.6 Å². The summed E-state index contributed by atoms with van der Waals surface area (Å²) in [5.74, 6) is 1.58. The smallest absolute Gasteiger partial charge is 0.207 e. The van der Waals surface area contributed by atoms with Crippen molar-refractivity contribution in [2.75, 3.05) is 24.6 Å². The molecule has 0 N–H and O–H groups in total. The molecule has 8 heteroatoms. The second-order valence-corrected chi connectivity index (χ2v) is 9.17. The standard InChI is InChI=1S/C10H11Cl2NO2S3/c11-8-5-9(12)7-10(6-8)18(14,15)13-1-3-16-17-4-2-13/h5-7H,1-4H2. The van der Waals surface area contributed by atoms with Gasteiger partial charge in [-0.05, 0) is 18.2 Å². The number of sulfonamides is 1. The molecule has 18 heavy (non-hydrogen) atoms. The monoisotopic (exact) mass is 343 g/mol. The predicted molar refractivity (Wildman–Crippen MR) is 80.1 cm³/mol. The molecule has 0 bridgehead atoms. The summed E-state index contributed by atoms with van der Waals surface area (Å²) in [5.41, 5.74) is 0. The van der Waals surface area contributed by atoms with Gasteiger partial charge in [-0.3, -0.25) is 0 Å². The van der Waals surface area contributed by atoms with Crippen molar-refractivity contribution in [2.24, 2.45) is 0 Å². The van der Waals surface area contributed by atoms with Crippen molar-refractivity contribution in [3.63, 3.8) is 0 Å². The van der Waals surface area contributed by atoms with Crippen LogP contribution in [-0.2, 0) is 10.0 Å². The lowest BCUT2D eigenvalue weighted by Gasteiger charge is -2.19. The summed E-state index contributed by atoms with van der Waals surface area (Å²) in [6.07, 6.45) is 0. The van der Waals surface area contributed by atoms with Crippen LogP contribution in [0.3, 0.4) is 0 Å². The molecule has 0 spiro atoms. The van der Waals surface area contributed by atoms with Crippen LogP contribution in [0.5, 0.6) is 0 Å². The Kier molecular flexibility index (Phi) is 5.13. The fourth-order valence-electron chi connectivity index (χ4n) is 1.57. The van der Waals surface area contributed by atoms with Crippen LogP contribution in [0.4, 0.5) is 0 Å². The van der Waals surface area contributed by atoms with E-state index in [4.69, 9.17) is 23.2 Å². The lowest BCUT2D eigenvalue weighted by molar-refractivity contribution is 0.451. The molecule has 2 rings (SSSR count). The Morgan fingerprint density at radius 3 is 2.00 bits per heavy atom. The van der Waals surface area contributed by atoms with Crippen molar-refractivity contribution in [1.29, 1.82) is 0 Å². The van der Waals surface area contributed by atoms with E-state index in [0.717, 1.165) is 11.5 Å². The molecular formula is C10H11Cl2NO2S3. The molecule has 1 aliphatic heterocycles. The van der Waals surface area contributed by atoms with Gasteiger partial charge in [-0.2, -0.15) is 4.31 Å². The van der Waals surface area contributed by atoms with Crippen LogP contribution < -0.4 is 0 Å². The van der Waals surface area contributed by atoms with Gasteiger partial charge in [0.25, 0.3) is 0 Å². The third-order valence-corrected chi connectivity index (χ3v) is 7.08. The maximum Gasteiger partial charge on any atom is 0.243 e. The Balaban J connectivity index is 2.34. The fourth-order valence-corrected chi connectivity index (χ4v) is 5.95. The Bertz CT molecular complexity index is 508. The highest BCUT2D eigenvalue weighted by atomic mass is 35.5. The second-order valence-electron chi connectivity index (χ2n) is 3.65. The molecule has 1 aromatic carbocycles. The van der Waals surface area contributed by atoms with E-state index in [-0.39, 0.29) is 4.90 Å². The van der Waals surface area contributed by atoms with Gasteiger partial charge in [0.1, 0.15) is 0 Å². The Hall–Kier alpha value is 0.410. The van der Waals surface area contributed by atoms with Crippen molar-refractivity contribution in [3.05, 3.63) is 28.2 Å². The second kappa shape index (κ2) is 6.24. The number of nitrogens with zero attached hydrogens (tertiary/aromatic N) is 1. The number of rotatable bonds is 2. The van der Waals surface area contributed by atoms with E-state index >= 15 is 0 Å². The molecule has 1 saturated heterocycles. The van der Waals surface area contributed by atoms with Gasteiger partial charge in [-0.25, -0.2) is 8.42 Å². The van der Waals surface area contributed by atoms with E-state index in [1.807, 2.05) is 0 Å². The number of hydrogen-bond donors (Lipinski definition) is 0. The van der Waals surface area contributed by atoms with Crippen LogP contribution in [0.2, 0.25) is 10.0 Å². The lowest BCUT2D eigenvalue weighted by atomic mass is 10.4. The maximum atomic E-state index is 12.4. The lowest BCUT2D eigenvalue weighted by Crippen LogP contribution is -2.33. The van der Waals surface area contributed by atoms with E-state index in [9.17, 15) is 8.42 Å². The highest BCUT2D eigenvalue weighted by Gasteiger charge is 2.26. The first kappa shape index (κ1) is 14.8. The van der Waals surface area contributed by atoms with E-state index in [1.165, 1.54) is 22.5 Å². The summed E-state index contributed by atoms with van der Waals surface area (Å²) in [7, 11) is -0.102. The SMILES string of the molecule is O=S(=O)(c1cc(Cl)cc(Cl)c1)N1CCSSCC1. The molecule has 1 heterocycles. The Morgan fingerprint density at radius 1 is 1.00 bits per heavy atom. The summed E-state index contributed by atoms with van der Waals surface area (Å²) in [4.78, 5) is 0.164. The van der Waals surface area contributed by atoms with E-state index in [0.29, 0.717) is 23.1 Å². The zero-order chi connectivity index (χ0) is 13.2. The highest BCUT2D eigenvalue weighted by Crippen LogP contribution is 2.29. The van der Waals surface area contributed by atoms with Gasteiger partial charge in [0, 0.05) is 34.6 Å². The summed E-state index contributed by atoms with van der Waals surface area (Å²) in [6.45, 7) is 1.04. The quantitative estimate of drug-likeness (QED) is 0.771. The molecule has 0 atom stereocenters. The largest absolute Gasteiger partial charge is 0.243 e. The molecule has 1 aromatic rings. The molecule has 0 amide bonds. The third kappa shape index (κ3) is 3.49. The molecule has 100 valence electrons. The topological polar surface area (TPSA) is 37.4 Å². The Labute approximate surface area is 125 Å². The fraction of sp³-hybridized carbons (Fsp3) is 0.400. The van der Waals surface area contributed by atoms with E-state index in [2.05, 4.69) is 0 Å². The first-order valence-corrected chi connectivity index (χ1v) is 9.89. The molecule has 3 nitrogen and oxygen atoms in total. The van der Waals surface area contributed by atoms with Gasteiger partial charge in [-0.15, -0.1) is 0 Å². The van der Waals surface area contributed by atoms with Crippen molar-refractivity contribution in [2.45, 2.75) is 4.90 Å². The van der Waals surface area contributed by atoms with Gasteiger partial charge in [0.05, 0.1) is 4.90 Å². The van der Waals surface area contributed by atoms with Crippen LogP contribution >= 0.6 is 44.8 Å². The van der Waals surface area contributed by atoms with Gasteiger partial charge >= 0.3 is 0 Å². The van der Waals surface area contributed by atoms with Crippen LogP contribution in [0.1, 0.15) is 0 Å². The molecule has 0 unspecified atom stereocenters. The first-order chi connectivity index (χ1) is 8.50. The zero-order valence-electron chi connectivity index (χ0n) is 9.30. The van der Waals surface area contributed by atoms with Gasteiger partial charge in [-0.1, -0.05) is 44.8 Å². The first-order valence-electron chi connectivity index (χ1n) is 5.21. The molecular weight excluding hydrogens is 333 g/mol. The van der Waals surface area contributed by atoms with Crippen molar-refractivity contribution < 1.29 is 8.42 Å². The average Bonchev–Trinajstić information content (AvgIpc) is 2.56. The van der Waals surface area contributed by atoms with Gasteiger partial charge < -0.3 is 0 Å². The predicted octanol–water partition coefficient (Wildman–Crippen LogP) is 3.38. The van der Waals surface area contributed by atoms with Crippen LogP contribution in [0.25, 0.3) is 0 Å². The maximum absolute atomic E-state index is 12.4. The average molecular weight is 344 g/mol. The minimum atomic E-state index is -3.49. The summed E-state index contributed by atoms with van der Waals surface area (Å²) < 4.78 is 26.4. The highest BCUT2D eigenvalue weighted by molar-refractivity contribution is 8.76. The minimum absolute atomic E-state index is 0.164. The molecule has 0 aliphatic carbocycles. The van der Waals surface area contributed by atoms with Crippen LogP contribution in [0.15, 0.2) is 23.1 Å². The molecule has 0 saturated carbocycles.